The van der Waals surface area contributed by atoms with Crippen molar-refractivity contribution in [3.8, 4) is 16.9 Å². The fourth-order valence-corrected chi connectivity index (χ4v) is 5.34. The Labute approximate surface area is 184 Å². The quantitative estimate of drug-likeness (QED) is 0.203. The first-order valence-corrected chi connectivity index (χ1v) is 11.4. The second-order valence-corrected chi connectivity index (χ2v) is 9.30. The average Bonchev–Trinajstić information content (AvgIpc) is 3.10. The van der Waals surface area contributed by atoms with Gasteiger partial charge in [0, 0.05) is 16.0 Å². The lowest BCUT2D eigenvalue weighted by molar-refractivity contribution is 0.102. The van der Waals surface area contributed by atoms with Crippen LogP contribution in [0, 0.1) is 20.8 Å². The van der Waals surface area contributed by atoms with Crippen molar-refractivity contribution >= 4 is 39.1 Å². The van der Waals surface area contributed by atoms with E-state index < -0.39 is 0 Å². The van der Waals surface area contributed by atoms with Crippen molar-refractivity contribution in [2.75, 3.05) is 12.9 Å². The number of ketones is 1. The van der Waals surface area contributed by atoms with Gasteiger partial charge in [-0.05, 0) is 55.7 Å². The van der Waals surface area contributed by atoms with Gasteiger partial charge in [-0.1, -0.05) is 36.0 Å². The van der Waals surface area contributed by atoms with E-state index in [1.54, 1.807) is 24.8 Å². The number of hydrogen-bond acceptors (Lipinski definition) is 6. The van der Waals surface area contributed by atoms with Crippen LogP contribution < -0.4 is 4.74 Å². The summed E-state index contributed by atoms with van der Waals surface area (Å²) in [7, 11) is 1.66. The fourth-order valence-electron chi connectivity index (χ4n) is 3.36. The van der Waals surface area contributed by atoms with Gasteiger partial charge in [0.25, 0.3) is 0 Å². The molecule has 30 heavy (non-hydrogen) atoms. The van der Waals surface area contributed by atoms with E-state index in [2.05, 4.69) is 35.9 Å². The summed E-state index contributed by atoms with van der Waals surface area (Å²) in [6, 6.07) is 13.9. The Balaban J connectivity index is 1.67. The van der Waals surface area contributed by atoms with Crippen molar-refractivity contribution in [2.45, 2.75) is 25.8 Å². The largest absolute Gasteiger partial charge is 0.497 e. The van der Waals surface area contributed by atoms with Crippen LogP contribution in [0.3, 0.4) is 0 Å². The number of thioether (sulfide) groups is 1. The fraction of sp³-hybridized carbons (Fsp3) is 0.208. The molecule has 2 aromatic carbocycles. The van der Waals surface area contributed by atoms with E-state index in [0.29, 0.717) is 5.75 Å². The topological polar surface area (TPSA) is 52.1 Å². The maximum absolute atomic E-state index is 12.8. The molecule has 0 unspecified atom stereocenters. The summed E-state index contributed by atoms with van der Waals surface area (Å²) < 4.78 is 5.29. The molecular weight excluding hydrogens is 412 g/mol. The predicted molar refractivity (Wildman–Crippen MR) is 125 cm³/mol. The van der Waals surface area contributed by atoms with Crippen LogP contribution >= 0.6 is 23.1 Å². The van der Waals surface area contributed by atoms with Crippen molar-refractivity contribution in [1.29, 1.82) is 0 Å². The third kappa shape index (κ3) is 3.98. The van der Waals surface area contributed by atoms with Gasteiger partial charge < -0.3 is 4.74 Å². The number of aryl methyl sites for hydroxylation is 3. The monoisotopic (exact) mass is 434 g/mol. The van der Waals surface area contributed by atoms with Gasteiger partial charge in [-0.15, -0.1) is 11.3 Å². The summed E-state index contributed by atoms with van der Waals surface area (Å²) in [6.07, 6.45) is 1.58. The molecule has 6 heteroatoms. The van der Waals surface area contributed by atoms with E-state index in [0.717, 1.165) is 43.2 Å². The van der Waals surface area contributed by atoms with Gasteiger partial charge in [0.2, 0.25) is 0 Å². The number of aromatic nitrogens is 2. The zero-order valence-corrected chi connectivity index (χ0v) is 19.0. The molecule has 2 aromatic heterocycles. The number of nitrogens with zero attached hydrogens (tertiary/aromatic N) is 2. The lowest BCUT2D eigenvalue weighted by atomic mass is 10.0. The summed E-state index contributed by atoms with van der Waals surface area (Å²) in [4.78, 5) is 23.9. The summed E-state index contributed by atoms with van der Waals surface area (Å²) >= 11 is 3.13. The first-order valence-electron chi connectivity index (χ1n) is 9.59. The maximum Gasteiger partial charge on any atom is 0.173 e. The molecule has 0 aliphatic rings. The van der Waals surface area contributed by atoms with E-state index in [1.165, 1.54) is 22.2 Å². The second-order valence-electron chi connectivity index (χ2n) is 7.13. The van der Waals surface area contributed by atoms with E-state index >= 15 is 0 Å². The van der Waals surface area contributed by atoms with Crippen molar-refractivity contribution < 1.29 is 9.53 Å². The zero-order chi connectivity index (χ0) is 21.3. The van der Waals surface area contributed by atoms with Crippen LogP contribution in [-0.4, -0.2) is 28.6 Å². The normalized spacial score (nSPS) is 11.1. The van der Waals surface area contributed by atoms with Gasteiger partial charge in [-0.2, -0.15) is 0 Å². The molecule has 152 valence electrons. The number of methoxy groups -OCH3 is 1. The molecule has 4 nitrogen and oxygen atoms in total. The summed E-state index contributed by atoms with van der Waals surface area (Å²) in [5.74, 6) is 1.26. The maximum atomic E-state index is 12.8. The van der Waals surface area contributed by atoms with E-state index in [1.807, 2.05) is 37.3 Å². The highest BCUT2D eigenvalue weighted by atomic mass is 32.2. The molecule has 4 aromatic rings. The smallest absolute Gasteiger partial charge is 0.173 e. The highest BCUT2D eigenvalue weighted by Gasteiger charge is 2.18. The summed E-state index contributed by atoms with van der Waals surface area (Å²) in [5.41, 5.74) is 5.28. The van der Waals surface area contributed by atoms with Crippen molar-refractivity contribution in [2.24, 2.45) is 0 Å². The van der Waals surface area contributed by atoms with E-state index in [-0.39, 0.29) is 5.78 Å². The van der Waals surface area contributed by atoms with Crippen LogP contribution in [0.2, 0.25) is 0 Å². The molecule has 0 N–H and O–H groups in total. The number of hydrogen-bond donors (Lipinski definition) is 0. The lowest BCUT2D eigenvalue weighted by Gasteiger charge is -2.08. The Morgan fingerprint density at radius 1 is 1.03 bits per heavy atom. The SMILES string of the molecule is COc1ccc(-c2c(C)sc3ncnc(SCC(=O)c4ccc(C)c(C)c4)c23)cc1. The molecule has 0 atom stereocenters. The van der Waals surface area contributed by atoms with Gasteiger partial charge in [-0.3, -0.25) is 4.79 Å². The first kappa shape index (κ1) is 20.6. The molecule has 0 bridgehead atoms. The highest BCUT2D eigenvalue weighted by Crippen LogP contribution is 2.41. The summed E-state index contributed by atoms with van der Waals surface area (Å²) in [5, 5.41) is 1.86. The lowest BCUT2D eigenvalue weighted by Crippen LogP contribution is -2.03. The number of carbonyl (C=O) groups excluding carboxylic acids is 1. The number of fused-ring (bicyclic) bond motifs is 1. The van der Waals surface area contributed by atoms with Crippen molar-refractivity contribution in [1.82, 2.24) is 9.97 Å². The standard InChI is InChI=1S/C24H22N2O2S2/c1-14-5-6-18(11-15(14)2)20(27)12-29-23-22-21(16(3)30-24(22)26-13-25-23)17-7-9-19(28-4)10-8-17/h5-11,13H,12H2,1-4H3. The molecule has 4 rings (SSSR count). The molecule has 0 aliphatic heterocycles. The molecule has 0 saturated heterocycles. The minimum atomic E-state index is 0.104. The number of benzene rings is 2. The van der Waals surface area contributed by atoms with Crippen LogP contribution in [0.1, 0.15) is 26.4 Å². The minimum Gasteiger partial charge on any atom is -0.497 e. The number of Topliss-reactive ketones (excluding diaryl/α,β-unsaturated/α-hetero) is 1. The van der Waals surface area contributed by atoms with Crippen molar-refractivity contribution in [3.63, 3.8) is 0 Å². The van der Waals surface area contributed by atoms with Crippen LogP contribution in [0.15, 0.2) is 53.8 Å². The molecular formula is C24H22N2O2S2. The predicted octanol–water partition coefficient (Wildman–Crippen LogP) is 6.27. The average molecular weight is 435 g/mol. The molecule has 0 spiro atoms. The Bertz CT molecular complexity index is 1230. The van der Waals surface area contributed by atoms with Gasteiger partial charge in [0.1, 0.15) is 21.9 Å². The third-order valence-corrected chi connectivity index (χ3v) is 7.18. The van der Waals surface area contributed by atoms with Crippen LogP contribution in [0.4, 0.5) is 0 Å². The Hall–Kier alpha value is -2.70. The number of thiophene rings is 1. The number of ether oxygens (including phenoxy) is 1. The van der Waals surface area contributed by atoms with Crippen LogP contribution in [-0.2, 0) is 0 Å². The molecule has 2 heterocycles. The Kier molecular flexibility index (Phi) is 5.88. The van der Waals surface area contributed by atoms with Gasteiger partial charge in [-0.25, -0.2) is 9.97 Å². The van der Waals surface area contributed by atoms with Gasteiger partial charge in [0.15, 0.2) is 5.78 Å². The molecule has 0 aliphatic carbocycles. The van der Waals surface area contributed by atoms with Crippen molar-refractivity contribution in [3.05, 3.63) is 70.4 Å². The Morgan fingerprint density at radius 3 is 2.50 bits per heavy atom. The molecule has 0 fully saturated rings. The molecule has 0 radical (unpaired) electrons. The third-order valence-electron chi connectivity index (χ3n) is 5.18. The summed E-state index contributed by atoms with van der Waals surface area (Å²) in [6.45, 7) is 6.18. The number of carbonyl (C=O) groups is 1. The van der Waals surface area contributed by atoms with E-state index in [4.69, 9.17) is 4.74 Å². The van der Waals surface area contributed by atoms with Crippen LogP contribution in [0.5, 0.6) is 5.75 Å². The second kappa shape index (κ2) is 8.58. The first-order chi connectivity index (χ1) is 14.5. The van der Waals surface area contributed by atoms with Gasteiger partial charge >= 0.3 is 0 Å². The number of rotatable bonds is 6. The van der Waals surface area contributed by atoms with E-state index in [9.17, 15) is 4.79 Å². The molecule has 0 saturated carbocycles. The zero-order valence-electron chi connectivity index (χ0n) is 17.4. The van der Waals surface area contributed by atoms with Gasteiger partial charge in [0.05, 0.1) is 18.2 Å². The minimum absolute atomic E-state index is 0.104. The highest BCUT2D eigenvalue weighted by molar-refractivity contribution is 8.00. The Morgan fingerprint density at radius 2 is 1.80 bits per heavy atom. The van der Waals surface area contributed by atoms with Crippen LogP contribution in [0.25, 0.3) is 21.3 Å². The molecule has 0 amide bonds.